The molecule has 8 heteroatoms. The van der Waals surface area contributed by atoms with Crippen molar-refractivity contribution in [2.24, 2.45) is 5.92 Å². The Morgan fingerprint density at radius 1 is 1.11 bits per heavy atom. The molecular weight excluding hydrogens is 505 g/mol. The molecule has 0 bridgehead atoms. The largest absolute Gasteiger partial charge is 0.376 e. The van der Waals surface area contributed by atoms with E-state index in [0.29, 0.717) is 41.3 Å². The molecule has 0 saturated heterocycles. The Morgan fingerprint density at radius 2 is 1.89 bits per heavy atom. The summed E-state index contributed by atoms with van der Waals surface area (Å²) in [5.74, 6) is 1.01. The number of nitrogens with one attached hydrogen (secondary N) is 2. The highest BCUT2D eigenvalue weighted by Gasteiger charge is 2.33. The van der Waals surface area contributed by atoms with Crippen molar-refractivity contribution in [1.29, 1.82) is 0 Å². The van der Waals surface area contributed by atoms with Gasteiger partial charge in [-0.3, -0.25) is 4.79 Å². The molecule has 2 N–H and O–H groups in total. The van der Waals surface area contributed by atoms with Gasteiger partial charge in [0.1, 0.15) is 10.8 Å². The third kappa shape index (κ3) is 6.36. The zero-order chi connectivity index (χ0) is 26.4. The van der Waals surface area contributed by atoms with E-state index in [9.17, 15) is 9.18 Å². The van der Waals surface area contributed by atoms with E-state index in [1.54, 1.807) is 29.8 Å². The molecule has 2 aromatic carbocycles. The molecule has 0 spiro atoms. The van der Waals surface area contributed by atoms with Crippen molar-refractivity contribution in [2.75, 3.05) is 22.4 Å². The minimum Gasteiger partial charge on any atom is -0.376 e. The number of hydrogen-bond acceptors (Lipinski definition) is 6. The van der Waals surface area contributed by atoms with Crippen LogP contribution < -0.4 is 15.6 Å². The van der Waals surface area contributed by atoms with E-state index < -0.39 is 0 Å². The van der Waals surface area contributed by atoms with E-state index in [-0.39, 0.29) is 11.4 Å². The lowest BCUT2D eigenvalue weighted by molar-refractivity contribution is 0.0632. The van der Waals surface area contributed by atoms with Crippen LogP contribution in [-0.2, 0) is 17.9 Å². The number of halogens is 1. The highest BCUT2D eigenvalue weighted by atomic mass is 32.2. The Hall–Kier alpha value is -2.42. The molecule has 2 atom stereocenters. The molecule has 1 fully saturated rings. The number of anilines is 3. The van der Waals surface area contributed by atoms with Crippen molar-refractivity contribution < 1.29 is 9.13 Å². The summed E-state index contributed by atoms with van der Waals surface area (Å²) in [6.45, 7) is 9.72. The first-order valence-corrected chi connectivity index (χ1v) is 14.8. The number of benzene rings is 2. The second-order valence-electron chi connectivity index (χ2n) is 9.19. The predicted octanol–water partition coefficient (Wildman–Crippen LogP) is 7.54. The number of hydrogen-bond donors (Lipinski definition) is 2. The minimum atomic E-state index is -0.328. The first kappa shape index (κ1) is 27.6. The van der Waals surface area contributed by atoms with E-state index in [4.69, 9.17) is 4.74 Å². The molecule has 2 heterocycles. The molecule has 2 aliphatic rings. The SMILES string of the molecule is CC.Cc1ccc(Nc2c(NSC3CCC3COCc3ccccc3)c3n(c(=O)c2C)CCS3)c(F)c1. The van der Waals surface area contributed by atoms with Gasteiger partial charge in [0, 0.05) is 23.1 Å². The standard InChI is InChI=1S/C27H30FN3O2S2.C2H6/c1-17-8-10-22(21(28)14-17)29-24-18(2)26(32)31-12-13-34-27(31)25(24)30-35-23-11-9-20(23)16-33-15-19-6-4-3-5-7-19;1-2/h3-8,10,14,20,23,29-30H,9,11-13,15-16H2,1-2H3;1-2H3. The lowest BCUT2D eigenvalue weighted by Gasteiger charge is -2.36. The molecule has 5 nitrogen and oxygen atoms in total. The molecule has 5 rings (SSSR count). The Labute approximate surface area is 227 Å². The highest BCUT2D eigenvalue weighted by molar-refractivity contribution is 8.01. The van der Waals surface area contributed by atoms with Crippen molar-refractivity contribution in [3.63, 3.8) is 0 Å². The van der Waals surface area contributed by atoms with Crippen LogP contribution in [0.1, 0.15) is 43.4 Å². The van der Waals surface area contributed by atoms with Gasteiger partial charge in [0.2, 0.25) is 0 Å². The predicted molar refractivity (Wildman–Crippen MR) is 156 cm³/mol. The Bertz CT molecular complexity index is 1270. The van der Waals surface area contributed by atoms with Crippen LogP contribution in [0, 0.1) is 25.6 Å². The molecule has 2 unspecified atom stereocenters. The van der Waals surface area contributed by atoms with E-state index in [2.05, 4.69) is 22.2 Å². The number of pyridine rings is 1. The summed E-state index contributed by atoms with van der Waals surface area (Å²) in [4.78, 5) is 13.0. The first-order valence-electron chi connectivity index (χ1n) is 13.0. The zero-order valence-corrected chi connectivity index (χ0v) is 23.6. The van der Waals surface area contributed by atoms with E-state index in [0.717, 1.165) is 41.5 Å². The van der Waals surface area contributed by atoms with Crippen molar-refractivity contribution in [2.45, 2.75) is 64.0 Å². The molecule has 0 radical (unpaired) electrons. The van der Waals surface area contributed by atoms with Gasteiger partial charge in [0.25, 0.3) is 5.56 Å². The van der Waals surface area contributed by atoms with Gasteiger partial charge < -0.3 is 19.3 Å². The maximum Gasteiger partial charge on any atom is 0.256 e. The van der Waals surface area contributed by atoms with Crippen LogP contribution >= 0.6 is 23.7 Å². The average Bonchev–Trinajstić information content (AvgIpc) is 3.39. The fourth-order valence-electron chi connectivity index (χ4n) is 4.45. The molecule has 1 aliphatic heterocycles. The van der Waals surface area contributed by atoms with Gasteiger partial charge in [-0.1, -0.05) is 50.2 Å². The number of fused-ring (bicyclic) bond motifs is 1. The fourth-order valence-corrected chi connectivity index (χ4v) is 6.73. The van der Waals surface area contributed by atoms with Crippen molar-refractivity contribution >= 4 is 40.8 Å². The van der Waals surface area contributed by atoms with Crippen LogP contribution in [0.25, 0.3) is 0 Å². The van der Waals surface area contributed by atoms with Crippen LogP contribution in [0.5, 0.6) is 0 Å². The number of aryl methyl sites for hydroxylation is 1. The second-order valence-corrected chi connectivity index (χ2v) is 11.3. The van der Waals surface area contributed by atoms with E-state index in [1.807, 2.05) is 56.5 Å². The van der Waals surface area contributed by atoms with Gasteiger partial charge in [0.05, 0.1) is 30.3 Å². The third-order valence-corrected chi connectivity index (χ3v) is 9.02. The van der Waals surface area contributed by atoms with Crippen molar-refractivity contribution in [1.82, 2.24) is 4.57 Å². The van der Waals surface area contributed by atoms with Gasteiger partial charge in [-0.05, 0) is 67.8 Å². The number of thioether (sulfide) groups is 1. The molecule has 37 heavy (non-hydrogen) atoms. The highest BCUT2D eigenvalue weighted by Crippen LogP contribution is 2.44. The lowest BCUT2D eigenvalue weighted by atomic mass is 9.85. The molecular formula is C29H36FN3O2S2. The van der Waals surface area contributed by atoms with E-state index in [1.165, 1.54) is 11.6 Å². The summed E-state index contributed by atoms with van der Waals surface area (Å²) >= 11 is 3.36. The van der Waals surface area contributed by atoms with Crippen LogP contribution in [0.3, 0.4) is 0 Å². The Kier molecular flexibility index (Phi) is 9.62. The van der Waals surface area contributed by atoms with Crippen molar-refractivity contribution in [3.8, 4) is 0 Å². The lowest BCUT2D eigenvalue weighted by Crippen LogP contribution is -2.33. The summed E-state index contributed by atoms with van der Waals surface area (Å²) in [5, 5.41) is 4.57. The van der Waals surface area contributed by atoms with Gasteiger partial charge in [-0.25, -0.2) is 4.39 Å². The molecule has 1 aromatic heterocycles. The molecule has 198 valence electrons. The summed E-state index contributed by atoms with van der Waals surface area (Å²) in [7, 11) is 0. The summed E-state index contributed by atoms with van der Waals surface area (Å²) < 4.78 is 26.1. The second kappa shape index (κ2) is 12.9. The number of aromatic nitrogens is 1. The smallest absolute Gasteiger partial charge is 0.256 e. The molecule has 1 saturated carbocycles. The summed E-state index contributed by atoms with van der Waals surface area (Å²) in [6, 6.07) is 15.3. The van der Waals surface area contributed by atoms with Gasteiger partial charge in [-0.15, -0.1) is 11.8 Å². The van der Waals surface area contributed by atoms with Crippen molar-refractivity contribution in [3.05, 3.63) is 81.4 Å². The van der Waals surface area contributed by atoms with Crippen LogP contribution in [0.2, 0.25) is 0 Å². The number of nitrogens with zero attached hydrogens (tertiary/aromatic N) is 1. The Morgan fingerprint density at radius 3 is 2.59 bits per heavy atom. The third-order valence-electron chi connectivity index (χ3n) is 6.69. The van der Waals surface area contributed by atoms with Gasteiger partial charge >= 0.3 is 0 Å². The van der Waals surface area contributed by atoms with E-state index >= 15 is 0 Å². The van der Waals surface area contributed by atoms with Gasteiger partial charge in [-0.2, -0.15) is 0 Å². The quantitative estimate of drug-likeness (QED) is 0.273. The first-order chi connectivity index (χ1) is 18.0. The Balaban J connectivity index is 0.00000156. The molecule has 3 aromatic rings. The summed E-state index contributed by atoms with van der Waals surface area (Å²) in [6.07, 6.45) is 2.27. The minimum absolute atomic E-state index is 0.0218. The maximum atomic E-state index is 14.7. The number of rotatable bonds is 9. The molecule has 1 aliphatic carbocycles. The topological polar surface area (TPSA) is 55.3 Å². The molecule has 0 amide bonds. The maximum absolute atomic E-state index is 14.7. The van der Waals surface area contributed by atoms with Crippen LogP contribution in [-0.4, -0.2) is 22.2 Å². The monoisotopic (exact) mass is 541 g/mol. The normalized spacial score (nSPS) is 17.9. The average molecular weight is 542 g/mol. The van der Waals surface area contributed by atoms with Crippen LogP contribution in [0.15, 0.2) is 58.4 Å². The summed E-state index contributed by atoms with van der Waals surface area (Å²) in [5.41, 5.74) is 4.50. The van der Waals surface area contributed by atoms with Gasteiger partial charge in [0.15, 0.2) is 0 Å². The zero-order valence-electron chi connectivity index (χ0n) is 22.0. The fraction of sp³-hybridized carbons (Fsp3) is 0.414. The number of ether oxygens (including phenoxy) is 1. The van der Waals surface area contributed by atoms with Crippen LogP contribution in [0.4, 0.5) is 21.5 Å².